The van der Waals surface area contributed by atoms with Crippen molar-refractivity contribution in [3.05, 3.63) is 89.5 Å². The summed E-state index contributed by atoms with van der Waals surface area (Å²) in [6, 6.07) is 23.2. The maximum absolute atomic E-state index is 6.49. The van der Waals surface area contributed by atoms with Crippen LogP contribution in [0, 0.1) is 20.8 Å². The molecule has 0 aliphatic heterocycles. The number of benzene rings is 3. The normalized spacial score (nSPS) is 14.3. The van der Waals surface area contributed by atoms with Gasteiger partial charge in [0.05, 0.1) is 19.8 Å². The van der Waals surface area contributed by atoms with E-state index in [9.17, 15) is 0 Å². The van der Waals surface area contributed by atoms with Gasteiger partial charge in [-0.1, -0.05) is 53.1 Å². The number of hydrogen-bond acceptors (Lipinski definition) is 7. The standard InChI is InChI=1S/C27H37N2O6P3/c1-7-30-36(33-25-16-10-22(4)11-17-25)28-38(32-9-3,35-27-20-14-24(6)15-21-27)29-37(31-8-2)34-26-18-12-23(5)13-19-26/h10-21,28H,7-9H2,1-6H3. The molecule has 0 bridgehead atoms. The molecule has 0 aliphatic carbocycles. The quantitative estimate of drug-likeness (QED) is 0.180. The summed E-state index contributed by atoms with van der Waals surface area (Å²) in [7, 11) is -6.75. The highest BCUT2D eigenvalue weighted by molar-refractivity contribution is 7.70. The van der Waals surface area contributed by atoms with E-state index in [0.29, 0.717) is 37.1 Å². The second kappa shape index (κ2) is 15.5. The van der Waals surface area contributed by atoms with Gasteiger partial charge in [-0.3, -0.25) is 0 Å². The summed E-state index contributed by atoms with van der Waals surface area (Å²) < 4.78 is 42.0. The van der Waals surface area contributed by atoms with Gasteiger partial charge in [-0.15, -0.1) is 9.37 Å². The van der Waals surface area contributed by atoms with Crippen LogP contribution in [0.4, 0.5) is 0 Å². The number of hydrogen-bond donors (Lipinski definition) is 1. The van der Waals surface area contributed by atoms with Crippen LogP contribution in [0.3, 0.4) is 0 Å². The molecule has 3 rings (SSSR count). The van der Waals surface area contributed by atoms with E-state index in [1.54, 1.807) is 0 Å². The molecule has 0 saturated heterocycles. The number of nitrogens with zero attached hydrogens (tertiary/aromatic N) is 1. The summed E-state index contributed by atoms with van der Waals surface area (Å²) in [4.78, 5) is 3.36. The largest absolute Gasteiger partial charge is 0.436 e. The van der Waals surface area contributed by atoms with Crippen LogP contribution in [0.15, 0.2) is 77.3 Å². The Bertz CT molecular complexity index is 1160. The topological polar surface area (TPSA) is 79.8 Å². The highest BCUT2D eigenvalue weighted by atomic mass is 31.3. The van der Waals surface area contributed by atoms with E-state index < -0.39 is 24.7 Å². The lowest BCUT2D eigenvalue weighted by Gasteiger charge is -2.29. The van der Waals surface area contributed by atoms with Crippen LogP contribution in [0.25, 0.3) is 0 Å². The second-order valence-corrected chi connectivity index (χ2v) is 13.0. The van der Waals surface area contributed by atoms with Gasteiger partial charge in [0.25, 0.3) is 0 Å². The Morgan fingerprint density at radius 3 is 1.58 bits per heavy atom. The lowest BCUT2D eigenvalue weighted by atomic mass is 10.2. The molecule has 11 heteroatoms. The summed E-state index contributed by atoms with van der Waals surface area (Å²) in [5, 5.41) is 0. The van der Waals surface area contributed by atoms with Crippen molar-refractivity contribution in [1.82, 2.24) is 4.86 Å². The van der Waals surface area contributed by atoms with E-state index in [2.05, 4.69) is 4.86 Å². The van der Waals surface area contributed by atoms with Crippen molar-refractivity contribution in [2.24, 2.45) is 4.52 Å². The fraction of sp³-hybridized carbons (Fsp3) is 0.333. The third kappa shape index (κ3) is 9.94. The summed E-state index contributed by atoms with van der Waals surface area (Å²) in [5.74, 6) is 1.90. The zero-order valence-corrected chi connectivity index (χ0v) is 25.5. The summed E-state index contributed by atoms with van der Waals surface area (Å²) in [6.07, 6.45) is 0. The molecule has 3 aromatic carbocycles. The van der Waals surface area contributed by atoms with Crippen LogP contribution < -0.4 is 18.4 Å². The Balaban J connectivity index is 2.02. The number of nitrogens with one attached hydrogen (secondary N) is 1. The first-order valence-corrected chi connectivity index (χ1v) is 16.4. The molecule has 0 radical (unpaired) electrons. The van der Waals surface area contributed by atoms with Crippen LogP contribution in [0.2, 0.25) is 0 Å². The predicted octanol–water partition coefficient (Wildman–Crippen LogP) is 9.25. The van der Waals surface area contributed by atoms with E-state index in [1.807, 2.05) is 114 Å². The average molecular weight is 579 g/mol. The Kier molecular flexibility index (Phi) is 12.5. The molecule has 0 aromatic heterocycles. The lowest BCUT2D eigenvalue weighted by Crippen LogP contribution is -2.16. The minimum atomic E-state index is -3.27. The molecule has 0 heterocycles. The minimum Gasteiger partial charge on any atom is -0.436 e. The Morgan fingerprint density at radius 2 is 1.11 bits per heavy atom. The molecule has 0 aliphatic rings. The van der Waals surface area contributed by atoms with Gasteiger partial charge in [0.15, 0.2) is 0 Å². The van der Waals surface area contributed by atoms with E-state index in [1.165, 1.54) is 0 Å². The van der Waals surface area contributed by atoms with Gasteiger partial charge in [0.2, 0.25) is 0 Å². The van der Waals surface area contributed by atoms with Crippen molar-refractivity contribution in [1.29, 1.82) is 0 Å². The molecule has 3 aromatic rings. The Hall–Kier alpha value is -2.01. The zero-order chi connectivity index (χ0) is 27.4. The molecule has 0 spiro atoms. The highest BCUT2D eigenvalue weighted by Crippen LogP contribution is 2.61. The lowest BCUT2D eigenvalue weighted by molar-refractivity contribution is 0.303. The fourth-order valence-electron chi connectivity index (χ4n) is 3.01. The maximum atomic E-state index is 6.49. The van der Waals surface area contributed by atoms with Gasteiger partial charge in [0.1, 0.15) is 17.2 Å². The highest BCUT2D eigenvalue weighted by Gasteiger charge is 2.34. The van der Waals surface area contributed by atoms with Crippen LogP contribution in [0.1, 0.15) is 37.5 Å². The van der Waals surface area contributed by atoms with Crippen LogP contribution in [-0.2, 0) is 13.6 Å². The molecule has 0 fully saturated rings. The first-order chi connectivity index (χ1) is 18.3. The smallest absolute Gasteiger partial charge is 0.377 e. The van der Waals surface area contributed by atoms with Gasteiger partial charge < -0.3 is 27.1 Å². The number of aryl methyl sites for hydroxylation is 3. The van der Waals surface area contributed by atoms with Crippen LogP contribution in [0.5, 0.6) is 17.2 Å². The molecule has 0 saturated carbocycles. The van der Waals surface area contributed by atoms with Gasteiger partial charge >= 0.3 is 24.7 Å². The van der Waals surface area contributed by atoms with E-state index in [0.717, 1.165) is 16.7 Å². The predicted molar refractivity (Wildman–Crippen MR) is 157 cm³/mol. The van der Waals surface area contributed by atoms with E-state index >= 15 is 0 Å². The van der Waals surface area contributed by atoms with Crippen molar-refractivity contribution >= 4 is 24.7 Å². The first-order valence-electron chi connectivity index (χ1n) is 12.5. The SMILES string of the molecule is CCOP(N=P(NP(OCC)Oc1ccc(C)cc1)(OCC)Oc1ccc(C)cc1)Oc1ccc(C)cc1. The summed E-state index contributed by atoms with van der Waals surface area (Å²) in [5.41, 5.74) is 3.38. The Morgan fingerprint density at radius 1 is 0.632 bits per heavy atom. The summed E-state index contributed by atoms with van der Waals surface area (Å²) >= 11 is 0. The third-order valence-electron chi connectivity index (χ3n) is 4.85. The van der Waals surface area contributed by atoms with Crippen molar-refractivity contribution < 1.29 is 27.1 Å². The fourth-order valence-corrected chi connectivity index (χ4v) is 8.61. The van der Waals surface area contributed by atoms with Gasteiger partial charge in [0, 0.05) is 0 Å². The van der Waals surface area contributed by atoms with Crippen molar-refractivity contribution in [2.45, 2.75) is 41.5 Å². The molecule has 3 unspecified atom stereocenters. The maximum Gasteiger partial charge on any atom is 0.377 e. The molecule has 0 amide bonds. The second-order valence-electron chi connectivity index (χ2n) is 8.17. The Labute approximate surface area is 229 Å². The molecule has 206 valence electrons. The first kappa shape index (κ1) is 30.5. The van der Waals surface area contributed by atoms with E-state index in [4.69, 9.17) is 31.7 Å². The number of rotatable bonds is 15. The van der Waals surface area contributed by atoms with Crippen molar-refractivity contribution in [3.63, 3.8) is 0 Å². The van der Waals surface area contributed by atoms with Gasteiger partial charge in [-0.25, -0.2) is 0 Å². The zero-order valence-electron chi connectivity index (χ0n) is 22.8. The molecule has 1 N–H and O–H groups in total. The third-order valence-corrected chi connectivity index (χ3v) is 10.8. The molecular formula is C27H37N2O6P3. The van der Waals surface area contributed by atoms with Gasteiger partial charge in [-0.2, -0.15) is 0 Å². The molecule has 8 nitrogen and oxygen atoms in total. The van der Waals surface area contributed by atoms with Gasteiger partial charge in [-0.05, 0) is 77.9 Å². The monoisotopic (exact) mass is 578 g/mol. The van der Waals surface area contributed by atoms with Crippen LogP contribution >= 0.6 is 24.7 Å². The van der Waals surface area contributed by atoms with E-state index in [-0.39, 0.29) is 0 Å². The van der Waals surface area contributed by atoms with Crippen LogP contribution in [-0.4, -0.2) is 19.8 Å². The summed E-state index contributed by atoms with van der Waals surface area (Å²) in [6.45, 7) is 12.9. The molecule has 38 heavy (non-hydrogen) atoms. The average Bonchev–Trinajstić information content (AvgIpc) is 2.88. The molecular weight excluding hydrogens is 541 g/mol. The molecule has 3 atom stereocenters. The van der Waals surface area contributed by atoms with Crippen molar-refractivity contribution in [3.8, 4) is 17.2 Å². The minimum absolute atomic E-state index is 0.329. The van der Waals surface area contributed by atoms with Crippen molar-refractivity contribution in [2.75, 3.05) is 19.8 Å².